The lowest BCUT2D eigenvalue weighted by molar-refractivity contribution is 0.275. The summed E-state index contributed by atoms with van der Waals surface area (Å²) in [6.45, 7) is 4.73. The lowest BCUT2D eigenvalue weighted by Crippen LogP contribution is -2.49. The third-order valence-corrected chi connectivity index (χ3v) is 13.9. The quantitative estimate of drug-likeness (QED) is 0.167. The van der Waals surface area contributed by atoms with E-state index in [0.717, 1.165) is 15.6 Å². The summed E-state index contributed by atoms with van der Waals surface area (Å²) < 4.78 is 43.9. The van der Waals surface area contributed by atoms with E-state index in [1.165, 1.54) is 28.0 Å². The van der Waals surface area contributed by atoms with E-state index in [9.17, 15) is 13.2 Å². The van der Waals surface area contributed by atoms with Crippen molar-refractivity contribution in [1.82, 2.24) is 29.1 Å². The number of pyridine rings is 1. The third kappa shape index (κ3) is 7.43. The first kappa shape index (κ1) is 35.9. The van der Waals surface area contributed by atoms with Crippen molar-refractivity contribution in [3.05, 3.63) is 80.5 Å². The van der Waals surface area contributed by atoms with Gasteiger partial charge in [-0.05, 0) is 56.2 Å². The molecule has 2 atom stereocenters. The first-order valence-corrected chi connectivity index (χ1v) is 21.1. The fraction of sp³-hybridized carbons (Fsp3) is 0.324. The van der Waals surface area contributed by atoms with Crippen LogP contribution in [0, 0.1) is 5.82 Å². The topological polar surface area (TPSA) is 125 Å². The van der Waals surface area contributed by atoms with Crippen molar-refractivity contribution < 1.29 is 12.8 Å². The van der Waals surface area contributed by atoms with Crippen LogP contribution in [0.25, 0.3) is 22.2 Å². The van der Waals surface area contributed by atoms with Crippen LogP contribution >= 0.6 is 45.0 Å². The molecule has 2 aromatic carbocycles. The van der Waals surface area contributed by atoms with Gasteiger partial charge in [0, 0.05) is 72.5 Å². The summed E-state index contributed by atoms with van der Waals surface area (Å²) in [5.74, 6) is 4.09. The van der Waals surface area contributed by atoms with E-state index in [1.54, 1.807) is 52.8 Å². The number of aromatic nitrogens is 4. The Morgan fingerprint density at radius 2 is 1.84 bits per heavy atom. The molecule has 0 radical (unpaired) electrons. The minimum absolute atomic E-state index is 0.172. The van der Waals surface area contributed by atoms with Gasteiger partial charge in [-0.15, -0.1) is 21.8 Å². The molecular weight excluding hydrogens is 755 g/mol. The number of piperazine rings is 1. The summed E-state index contributed by atoms with van der Waals surface area (Å²) in [5, 5.41) is 7.59. The molecule has 0 spiro atoms. The van der Waals surface area contributed by atoms with E-state index in [0.29, 0.717) is 53.9 Å². The molecule has 0 bridgehead atoms. The molecule has 2 aliphatic rings. The van der Waals surface area contributed by atoms with Gasteiger partial charge in [-0.25, -0.2) is 22.1 Å². The minimum atomic E-state index is -3.40. The van der Waals surface area contributed by atoms with E-state index in [4.69, 9.17) is 28.2 Å². The maximum absolute atomic E-state index is 15.3. The molecule has 3 aromatic heterocycles. The van der Waals surface area contributed by atoms with Crippen molar-refractivity contribution in [2.45, 2.75) is 41.0 Å². The number of piperidine rings is 1. The van der Waals surface area contributed by atoms with Gasteiger partial charge in [-0.3, -0.25) is 14.3 Å². The Hall–Kier alpha value is -3.44. The number of benzene rings is 2. The Bertz CT molecular complexity index is 2290. The molecule has 2 fully saturated rings. The molecule has 0 amide bonds. The number of fused-ring (bicyclic) bond motifs is 1. The molecule has 7 rings (SSSR count). The Morgan fingerprint density at radius 1 is 1.10 bits per heavy atom. The van der Waals surface area contributed by atoms with Gasteiger partial charge >= 0.3 is 0 Å². The zero-order chi connectivity index (χ0) is 36.0. The molecule has 0 saturated carbocycles. The van der Waals surface area contributed by atoms with Crippen LogP contribution in [0.3, 0.4) is 0 Å². The second-order valence-electron chi connectivity index (χ2n) is 12.7. The smallest absolute Gasteiger partial charge is 0.260 e. The minimum Gasteiger partial charge on any atom is -0.366 e. The van der Waals surface area contributed by atoms with Crippen LogP contribution in [0.5, 0.6) is 0 Å². The van der Waals surface area contributed by atoms with Crippen LogP contribution in [0.2, 0.25) is 10.0 Å². The van der Waals surface area contributed by atoms with Gasteiger partial charge in [0.1, 0.15) is 11.5 Å². The number of thiazole rings is 1. The van der Waals surface area contributed by atoms with Crippen LogP contribution in [0.15, 0.2) is 68.2 Å². The average Bonchev–Trinajstić information content (AvgIpc) is 3.63. The second-order valence-corrected chi connectivity index (χ2v) is 18.3. The molecule has 5 aromatic rings. The SMILES string of the molecule is C=S(c1cc(Cl)c(-c2cc3cnc(Nc4ccc(N5CCNC(C)C5)c(F)c4)nc3n(C3CCN(S(C)(=O)=O)CC3)c2=O)c(Cl)c1)c1cncs1. The van der Waals surface area contributed by atoms with Crippen LogP contribution in [-0.4, -0.2) is 83.1 Å². The zero-order valence-electron chi connectivity index (χ0n) is 27.8. The molecule has 51 heavy (non-hydrogen) atoms. The molecule has 2 saturated heterocycles. The van der Waals surface area contributed by atoms with E-state index in [-0.39, 0.29) is 58.1 Å². The number of rotatable bonds is 8. The summed E-state index contributed by atoms with van der Waals surface area (Å²) in [5.41, 5.74) is 3.32. The number of anilines is 3. The maximum Gasteiger partial charge on any atom is 0.260 e. The molecule has 17 heteroatoms. The Kier molecular flexibility index (Phi) is 10.2. The van der Waals surface area contributed by atoms with Gasteiger partial charge in [0.2, 0.25) is 16.0 Å². The standard InChI is InChI=1S/C34H35Cl2FN8O3S3/c1-20-18-43(11-8-39-20)29-5-4-22(13-28(29)37)41-34-40-16-21-12-25(31-26(35)14-24(15-27(31)36)50(2)30-17-38-19-49-30)33(46)45(32(21)42-34)23-6-9-44(10-7-23)51(3,47)48/h4-5,12-17,19-20,23,39H,2,6-11,18H2,1,3H3,(H,40,41,42). The molecule has 0 aliphatic carbocycles. The molecule has 2 aliphatic heterocycles. The van der Waals surface area contributed by atoms with Crippen molar-refractivity contribution in [2.24, 2.45) is 0 Å². The van der Waals surface area contributed by atoms with Gasteiger partial charge in [0.25, 0.3) is 5.56 Å². The van der Waals surface area contributed by atoms with Gasteiger partial charge in [-0.1, -0.05) is 29.1 Å². The van der Waals surface area contributed by atoms with Crippen LogP contribution in [0.4, 0.5) is 21.7 Å². The van der Waals surface area contributed by atoms with E-state index in [1.807, 2.05) is 4.90 Å². The van der Waals surface area contributed by atoms with Crippen molar-refractivity contribution in [3.8, 4) is 11.1 Å². The monoisotopic (exact) mass is 788 g/mol. The highest BCUT2D eigenvalue weighted by Crippen LogP contribution is 2.43. The lowest BCUT2D eigenvalue weighted by atomic mass is 10.0. The number of hydrogen-bond donors (Lipinski definition) is 2. The highest BCUT2D eigenvalue weighted by molar-refractivity contribution is 8.15. The highest BCUT2D eigenvalue weighted by Gasteiger charge is 2.29. The Balaban J connectivity index is 1.28. The Labute approximate surface area is 311 Å². The van der Waals surface area contributed by atoms with Crippen molar-refractivity contribution in [2.75, 3.05) is 49.2 Å². The Morgan fingerprint density at radius 3 is 2.49 bits per heavy atom. The normalized spacial score (nSPS) is 18.3. The van der Waals surface area contributed by atoms with Gasteiger partial charge in [0.15, 0.2) is 0 Å². The molecule has 5 heterocycles. The van der Waals surface area contributed by atoms with Gasteiger partial charge in [0.05, 0.1) is 43.5 Å². The number of hydrogen-bond acceptors (Lipinski definition) is 10. The molecular formula is C34H35Cl2FN8O3S3. The summed E-state index contributed by atoms with van der Waals surface area (Å²) in [7, 11) is -3.98. The fourth-order valence-corrected chi connectivity index (χ4v) is 10.5. The summed E-state index contributed by atoms with van der Waals surface area (Å²) >= 11 is 15.2. The summed E-state index contributed by atoms with van der Waals surface area (Å²) in [6.07, 6.45) is 5.30. The van der Waals surface area contributed by atoms with Crippen LogP contribution in [-0.2, 0) is 10.0 Å². The maximum atomic E-state index is 15.3. The molecule has 2 unspecified atom stereocenters. The van der Waals surface area contributed by atoms with E-state index >= 15 is 4.39 Å². The van der Waals surface area contributed by atoms with Crippen molar-refractivity contribution in [1.29, 1.82) is 0 Å². The predicted molar refractivity (Wildman–Crippen MR) is 207 cm³/mol. The number of sulfonamides is 1. The molecule has 268 valence electrons. The largest absolute Gasteiger partial charge is 0.366 e. The highest BCUT2D eigenvalue weighted by atomic mass is 35.5. The van der Waals surface area contributed by atoms with Crippen molar-refractivity contribution >= 4 is 89.3 Å². The number of nitrogens with one attached hydrogen (secondary N) is 2. The predicted octanol–water partition coefficient (Wildman–Crippen LogP) is 6.62. The summed E-state index contributed by atoms with van der Waals surface area (Å²) in [6, 6.07) is 10.0. The average molecular weight is 790 g/mol. The van der Waals surface area contributed by atoms with Crippen LogP contribution in [0.1, 0.15) is 25.8 Å². The van der Waals surface area contributed by atoms with E-state index < -0.39 is 20.5 Å². The number of halogens is 3. The molecule has 11 nitrogen and oxygen atoms in total. The lowest BCUT2D eigenvalue weighted by Gasteiger charge is -2.33. The summed E-state index contributed by atoms with van der Waals surface area (Å²) in [4.78, 5) is 30.8. The zero-order valence-corrected chi connectivity index (χ0v) is 31.7. The van der Waals surface area contributed by atoms with Crippen LogP contribution < -0.4 is 21.1 Å². The first-order chi connectivity index (χ1) is 24.4. The second kappa shape index (κ2) is 14.5. The number of nitrogens with zero attached hydrogens (tertiary/aromatic N) is 6. The van der Waals surface area contributed by atoms with Gasteiger partial charge in [-0.2, -0.15) is 4.98 Å². The van der Waals surface area contributed by atoms with Crippen molar-refractivity contribution in [3.63, 3.8) is 0 Å². The fourth-order valence-electron chi connectivity index (χ4n) is 6.64. The first-order valence-electron chi connectivity index (χ1n) is 16.2. The van der Waals surface area contributed by atoms with Gasteiger partial charge < -0.3 is 15.5 Å². The third-order valence-electron chi connectivity index (χ3n) is 9.17. The van der Waals surface area contributed by atoms with E-state index in [2.05, 4.69) is 33.4 Å². The molecule has 2 N–H and O–H groups in total.